The van der Waals surface area contributed by atoms with E-state index in [0.29, 0.717) is 12.6 Å². The van der Waals surface area contributed by atoms with Gasteiger partial charge in [0.05, 0.1) is 23.4 Å². The van der Waals surface area contributed by atoms with E-state index in [2.05, 4.69) is 16.4 Å². The summed E-state index contributed by atoms with van der Waals surface area (Å²) in [7, 11) is 0. The predicted octanol–water partition coefficient (Wildman–Crippen LogP) is 4.00. The Hall–Kier alpha value is -1.35. The average Bonchev–Trinajstić information content (AvgIpc) is 3.08. The van der Waals surface area contributed by atoms with Crippen molar-refractivity contribution in [3.8, 4) is 5.75 Å². The number of para-hydroxylation sites is 1. The lowest BCUT2D eigenvalue weighted by molar-refractivity contribution is 0.262. The van der Waals surface area contributed by atoms with Crippen LogP contribution in [0, 0.1) is 0 Å². The SMILES string of the molecule is I.NC(=NCCCc1nc2c(s1)CCCC2)NC1CCOc2ccccc21. The molecule has 0 spiro atoms. The molecular formula is C20H27IN4OS. The summed E-state index contributed by atoms with van der Waals surface area (Å²) in [6.07, 6.45) is 7.86. The number of aliphatic imine (C=N–C) groups is 1. The van der Waals surface area contributed by atoms with Crippen LogP contribution in [0.1, 0.15) is 52.9 Å². The summed E-state index contributed by atoms with van der Waals surface area (Å²) >= 11 is 1.89. The van der Waals surface area contributed by atoms with Gasteiger partial charge < -0.3 is 15.8 Å². The van der Waals surface area contributed by atoms with Crippen LogP contribution in [0.25, 0.3) is 0 Å². The van der Waals surface area contributed by atoms with Gasteiger partial charge in [-0.25, -0.2) is 4.98 Å². The smallest absolute Gasteiger partial charge is 0.189 e. The summed E-state index contributed by atoms with van der Waals surface area (Å²) in [6.45, 7) is 1.44. The van der Waals surface area contributed by atoms with Crippen LogP contribution in [0.2, 0.25) is 0 Å². The van der Waals surface area contributed by atoms with Gasteiger partial charge in [-0.15, -0.1) is 35.3 Å². The Morgan fingerprint density at radius 2 is 2.15 bits per heavy atom. The van der Waals surface area contributed by atoms with E-state index in [9.17, 15) is 0 Å². The minimum atomic E-state index is 0. The molecule has 0 bridgehead atoms. The minimum absolute atomic E-state index is 0. The molecule has 0 radical (unpaired) electrons. The molecule has 2 aliphatic rings. The van der Waals surface area contributed by atoms with Crippen LogP contribution in [0.4, 0.5) is 0 Å². The largest absolute Gasteiger partial charge is 0.493 e. The van der Waals surface area contributed by atoms with Gasteiger partial charge in [-0.2, -0.15) is 0 Å². The Balaban J connectivity index is 0.00000210. The van der Waals surface area contributed by atoms with E-state index in [0.717, 1.165) is 43.5 Å². The van der Waals surface area contributed by atoms with Crippen molar-refractivity contribution in [2.45, 2.75) is 51.0 Å². The zero-order chi connectivity index (χ0) is 17.8. The Morgan fingerprint density at radius 1 is 1.30 bits per heavy atom. The fourth-order valence-corrected chi connectivity index (χ4v) is 4.86. The molecule has 3 N–H and O–H groups in total. The van der Waals surface area contributed by atoms with Crippen molar-refractivity contribution in [2.75, 3.05) is 13.2 Å². The second-order valence-electron chi connectivity index (χ2n) is 6.93. The number of ether oxygens (including phenoxy) is 1. The van der Waals surface area contributed by atoms with Crippen molar-refractivity contribution in [3.05, 3.63) is 45.4 Å². The summed E-state index contributed by atoms with van der Waals surface area (Å²) in [6, 6.07) is 8.29. The first kappa shape index (κ1) is 20.4. The Morgan fingerprint density at radius 3 is 3.04 bits per heavy atom. The molecule has 146 valence electrons. The minimum Gasteiger partial charge on any atom is -0.493 e. The number of thiazole rings is 1. The second-order valence-corrected chi connectivity index (χ2v) is 8.10. The number of hydrogen-bond donors (Lipinski definition) is 2. The fourth-order valence-electron chi connectivity index (χ4n) is 3.66. The van der Waals surface area contributed by atoms with Gasteiger partial charge >= 0.3 is 0 Å². The summed E-state index contributed by atoms with van der Waals surface area (Å²) in [4.78, 5) is 10.8. The molecule has 1 aromatic heterocycles. The number of benzene rings is 1. The third-order valence-corrected chi connectivity index (χ3v) is 6.22. The van der Waals surface area contributed by atoms with Gasteiger partial charge in [0.2, 0.25) is 0 Å². The molecule has 0 fully saturated rings. The molecule has 1 atom stereocenters. The van der Waals surface area contributed by atoms with E-state index in [1.165, 1.54) is 34.8 Å². The molecule has 27 heavy (non-hydrogen) atoms. The topological polar surface area (TPSA) is 72.5 Å². The standard InChI is InChI=1S/C20H26N4OS.HI/c21-20(24-15-11-13-25-17-8-3-1-6-14(15)17)22-12-5-10-19-23-16-7-2-4-9-18(16)26-19;/h1,3,6,8,15H,2,4-5,7,9-13H2,(H3,21,22,24);1H. The summed E-state index contributed by atoms with van der Waals surface area (Å²) in [5.74, 6) is 1.46. The zero-order valence-electron chi connectivity index (χ0n) is 15.4. The molecule has 0 saturated carbocycles. The Kier molecular flexibility index (Phi) is 7.34. The van der Waals surface area contributed by atoms with E-state index < -0.39 is 0 Å². The molecule has 7 heteroatoms. The van der Waals surface area contributed by atoms with Crippen molar-refractivity contribution in [3.63, 3.8) is 0 Å². The molecule has 1 aliphatic carbocycles. The Labute approximate surface area is 181 Å². The van der Waals surface area contributed by atoms with E-state index in [1.807, 2.05) is 29.5 Å². The van der Waals surface area contributed by atoms with E-state index in [1.54, 1.807) is 0 Å². The maximum absolute atomic E-state index is 6.11. The van der Waals surface area contributed by atoms with Gasteiger partial charge in [0.25, 0.3) is 0 Å². The van der Waals surface area contributed by atoms with Crippen LogP contribution in [0.3, 0.4) is 0 Å². The highest BCUT2D eigenvalue weighted by Gasteiger charge is 2.21. The highest BCUT2D eigenvalue weighted by atomic mass is 127. The summed E-state index contributed by atoms with van der Waals surface area (Å²) < 4.78 is 5.69. The van der Waals surface area contributed by atoms with Crippen molar-refractivity contribution in [1.29, 1.82) is 0 Å². The highest BCUT2D eigenvalue weighted by Crippen LogP contribution is 2.31. The maximum atomic E-state index is 6.11. The first-order valence-electron chi connectivity index (χ1n) is 9.55. The van der Waals surface area contributed by atoms with Crippen molar-refractivity contribution in [2.24, 2.45) is 10.7 Å². The van der Waals surface area contributed by atoms with Crippen LogP contribution in [-0.4, -0.2) is 24.1 Å². The summed E-state index contributed by atoms with van der Waals surface area (Å²) in [5.41, 5.74) is 8.61. The number of aryl methyl sites for hydroxylation is 3. The van der Waals surface area contributed by atoms with Gasteiger partial charge in [0.1, 0.15) is 5.75 Å². The molecule has 2 aromatic rings. The lowest BCUT2D eigenvalue weighted by Gasteiger charge is -2.26. The van der Waals surface area contributed by atoms with Gasteiger partial charge in [-0.1, -0.05) is 18.2 Å². The van der Waals surface area contributed by atoms with E-state index in [-0.39, 0.29) is 30.0 Å². The number of nitrogens with one attached hydrogen (secondary N) is 1. The number of fused-ring (bicyclic) bond motifs is 2. The number of rotatable bonds is 5. The number of hydrogen-bond acceptors (Lipinski definition) is 4. The van der Waals surface area contributed by atoms with E-state index in [4.69, 9.17) is 15.5 Å². The number of nitrogens with two attached hydrogens (primary N) is 1. The van der Waals surface area contributed by atoms with Gasteiger partial charge in [0.15, 0.2) is 5.96 Å². The lowest BCUT2D eigenvalue weighted by Crippen LogP contribution is -2.37. The lowest BCUT2D eigenvalue weighted by atomic mass is 10.0. The van der Waals surface area contributed by atoms with E-state index >= 15 is 0 Å². The Bertz CT molecular complexity index is 769. The molecule has 1 aromatic carbocycles. The first-order valence-corrected chi connectivity index (χ1v) is 10.4. The zero-order valence-corrected chi connectivity index (χ0v) is 18.6. The third-order valence-electron chi connectivity index (χ3n) is 5.00. The molecule has 5 nitrogen and oxygen atoms in total. The number of halogens is 1. The maximum Gasteiger partial charge on any atom is 0.189 e. The van der Waals surface area contributed by atoms with Gasteiger partial charge in [-0.3, -0.25) is 4.99 Å². The van der Waals surface area contributed by atoms with Crippen molar-refractivity contribution in [1.82, 2.24) is 10.3 Å². The number of guanidine groups is 1. The van der Waals surface area contributed by atoms with Crippen LogP contribution < -0.4 is 15.8 Å². The molecule has 1 aliphatic heterocycles. The third kappa shape index (κ3) is 5.13. The fraction of sp³-hybridized carbons (Fsp3) is 0.500. The van der Waals surface area contributed by atoms with Gasteiger partial charge in [-0.05, 0) is 38.2 Å². The normalized spacial score (nSPS) is 18.7. The van der Waals surface area contributed by atoms with Crippen LogP contribution in [0.15, 0.2) is 29.3 Å². The first-order chi connectivity index (χ1) is 12.8. The summed E-state index contributed by atoms with van der Waals surface area (Å²) in [5, 5.41) is 4.61. The highest BCUT2D eigenvalue weighted by molar-refractivity contribution is 14.0. The number of aromatic nitrogens is 1. The predicted molar refractivity (Wildman–Crippen MR) is 121 cm³/mol. The average molecular weight is 498 g/mol. The van der Waals surface area contributed by atoms with Crippen molar-refractivity contribution >= 4 is 41.3 Å². The van der Waals surface area contributed by atoms with Crippen LogP contribution in [-0.2, 0) is 19.3 Å². The monoisotopic (exact) mass is 498 g/mol. The molecule has 0 amide bonds. The molecule has 1 unspecified atom stereocenters. The van der Waals surface area contributed by atoms with Gasteiger partial charge in [0, 0.05) is 29.8 Å². The molecular weight excluding hydrogens is 471 g/mol. The molecule has 2 heterocycles. The second kappa shape index (κ2) is 9.73. The quantitative estimate of drug-likeness (QED) is 0.283. The number of nitrogens with zero attached hydrogens (tertiary/aromatic N) is 2. The van der Waals surface area contributed by atoms with Crippen LogP contribution in [0.5, 0.6) is 5.75 Å². The van der Waals surface area contributed by atoms with Crippen LogP contribution >= 0.6 is 35.3 Å². The molecule has 4 rings (SSSR count). The molecule has 0 saturated heterocycles. The van der Waals surface area contributed by atoms with Crippen molar-refractivity contribution < 1.29 is 4.74 Å².